The minimum Gasteiger partial charge on any atom is -0.396 e. The first-order chi connectivity index (χ1) is 9.51. The number of aromatic amines is 2. The number of aromatic nitrogens is 2. The summed E-state index contributed by atoms with van der Waals surface area (Å²) in [7, 11) is 0. The lowest BCUT2D eigenvalue weighted by atomic mass is 10.1. The van der Waals surface area contributed by atoms with Gasteiger partial charge in [0.15, 0.2) is 0 Å². The van der Waals surface area contributed by atoms with Crippen LogP contribution in [0.5, 0.6) is 0 Å². The number of nitrogens with zero attached hydrogens (tertiary/aromatic N) is 1. The van der Waals surface area contributed by atoms with Crippen LogP contribution in [0.4, 0.5) is 0 Å². The average molecular weight is 281 g/mol. The molecule has 0 aliphatic carbocycles. The monoisotopic (exact) mass is 281 g/mol. The number of H-pyrrole nitrogens is 2. The molecule has 1 aliphatic rings. The topological polar surface area (TPSA) is 106 Å². The Hall–Kier alpha value is -1.89. The molecule has 7 heteroatoms. The molecule has 1 saturated heterocycles. The predicted molar refractivity (Wildman–Crippen MR) is 72.5 cm³/mol. The second-order valence-electron chi connectivity index (χ2n) is 5.19. The van der Waals surface area contributed by atoms with E-state index in [0.29, 0.717) is 30.8 Å². The van der Waals surface area contributed by atoms with Gasteiger partial charge in [-0.1, -0.05) is 0 Å². The molecule has 1 aliphatic heterocycles. The molecule has 1 amide bonds. The number of aliphatic hydroxyl groups excluding tert-OH is 1. The molecule has 0 bridgehead atoms. The molecule has 0 spiro atoms. The highest BCUT2D eigenvalue weighted by Crippen LogP contribution is 2.16. The minimum atomic E-state index is -0.534. The Bertz CT molecular complexity index is 604. The van der Waals surface area contributed by atoms with Gasteiger partial charge in [0.25, 0.3) is 5.56 Å². The molecule has 3 N–H and O–H groups in total. The van der Waals surface area contributed by atoms with Gasteiger partial charge in [0, 0.05) is 43.3 Å². The smallest absolute Gasteiger partial charge is 0.325 e. The highest BCUT2D eigenvalue weighted by atomic mass is 16.3. The van der Waals surface area contributed by atoms with Gasteiger partial charge in [-0.3, -0.25) is 14.6 Å². The van der Waals surface area contributed by atoms with E-state index in [4.69, 9.17) is 5.11 Å². The van der Waals surface area contributed by atoms with Crippen LogP contribution in [0.3, 0.4) is 0 Å². The van der Waals surface area contributed by atoms with Crippen LogP contribution in [0.15, 0.2) is 9.59 Å². The molecular weight excluding hydrogens is 262 g/mol. The van der Waals surface area contributed by atoms with Crippen molar-refractivity contribution in [3.8, 4) is 0 Å². The van der Waals surface area contributed by atoms with E-state index in [9.17, 15) is 14.4 Å². The summed E-state index contributed by atoms with van der Waals surface area (Å²) in [6.07, 6.45) is 1.35. The third kappa shape index (κ3) is 3.16. The number of carbonyl (C=O) groups excluding carboxylic acids is 1. The van der Waals surface area contributed by atoms with Crippen LogP contribution in [0.1, 0.15) is 24.1 Å². The zero-order chi connectivity index (χ0) is 14.7. The van der Waals surface area contributed by atoms with E-state index in [0.717, 1.165) is 6.42 Å². The van der Waals surface area contributed by atoms with Crippen LogP contribution in [-0.4, -0.2) is 45.6 Å². The second-order valence-corrected chi connectivity index (χ2v) is 5.19. The van der Waals surface area contributed by atoms with E-state index in [-0.39, 0.29) is 24.9 Å². The lowest BCUT2D eigenvalue weighted by Crippen LogP contribution is -2.31. The fourth-order valence-electron chi connectivity index (χ4n) is 2.53. The highest BCUT2D eigenvalue weighted by molar-refractivity contribution is 5.76. The molecule has 1 atom stereocenters. The number of hydrogen-bond acceptors (Lipinski definition) is 4. The lowest BCUT2D eigenvalue weighted by Gasteiger charge is -2.16. The van der Waals surface area contributed by atoms with Crippen LogP contribution in [0, 0.1) is 12.8 Å². The second kappa shape index (κ2) is 6.04. The van der Waals surface area contributed by atoms with Crippen LogP contribution in [0.25, 0.3) is 0 Å². The summed E-state index contributed by atoms with van der Waals surface area (Å²) in [5.74, 6) is 0.142. The number of rotatable bonds is 4. The Kier molecular flexibility index (Phi) is 4.39. The largest absolute Gasteiger partial charge is 0.396 e. The summed E-state index contributed by atoms with van der Waals surface area (Å²) >= 11 is 0. The first-order valence-corrected chi connectivity index (χ1v) is 6.72. The Morgan fingerprint density at radius 3 is 2.75 bits per heavy atom. The van der Waals surface area contributed by atoms with Gasteiger partial charge in [-0.15, -0.1) is 0 Å². The van der Waals surface area contributed by atoms with Crippen molar-refractivity contribution in [1.82, 2.24) is 14.9 Å². The van der Waals surface area contributed by atoms with E-state index in [1.807, 2.05) is 0 Å². The normalized spacial score (nSPS) is 18.5. The molecule has 2 heterocycles. The van der Waals surface area contributed by atoms with E-state index < -0.39 is 11.2 Å². The van der Waals surface area contributed by atoms with Gasteiger partial charge in [-0.2, -0.15) is 0 Å². The van der Waals surface area contributed by atoms with Crippen molar-refractivity contribution in [2.24, 2.45) is 5.92 Å². The Labute approximate surface area is 115 Å². The highest BCUT2D eigenvalue weighted by Gasteiger charge is 2.25. The summed E-state index contributed by atoms with van der Waals surface area (Å²) < 4.78 is 0. The van der Waals surface area contributed by atoms with Gasteiger partial charge >= 0.3 is 5.69 Å². The molecule has 1 aromatic heterocycles. The molecule has 20 heavy (non-hydrogen) atoms. The molecule has 2 rings (SSSR count). The average Bonchev–Trinajstić information content (AvgIpc) is 2.86. The van der Waals surface area contributed by atoms with E-state index in [2.05, 4.69) is 9.97 Å². The van der Waals surface area contributed by atoms with Crippen molar-refractivity contribution in [2.45, 2.75) is 26.2 Å². The quantitative estimate of drug-likeness (QED) is 0.668. The van der Waals surface area contributed by atoms with Gasteiger partial charge in [0.2, 0.25) is 5.91 Å². The van der Waals surface area contributed by atoms with Crippen molar-refractivity contribution >= 4 is 5.91 Å². The molecule has 0 saturated carbocycles. The number of carbonyl (C=O) groups is 1. The molecule has 0 radical (unpaired) electrons. The summed E-state index contributed by atoms with van der Waals surface area (Å²) in [6.45, 7) is 2.98. The van der Waals surface area contributed by atoms with Crippen LogP contribution in [-0.2, 0) is 11.2 Å². The Morgan fingerprint density at radius 1 is 1.40 bits per heavy atom. The van der Waals surface area contributed by atoms with Gasteiger partial charge in [0.05, 0.1) is 0 Å². The van der Waals surface area contributed by atoms with Crippen LogP contribution < -0.4 is 11.2 Å². The summed E-state index contributed by atoms with van der Waals surface area (Å²) in [5, 5.41) is 9.06. The van der Waals surface area contributed by atoms with Crippen molar-refractivity contribution in [1.29, 1.82) is 0 Å². The number of aryl methyl sites for hydroxylation is 1. The fourth-order valence-corrected chi connectivity index (χ4v) is 2.53. The van der Waals surface area contributed by atoms with Crippen molar-refractivity contribution in [3.63, 3.8) is 0 Å². The van der Waals surface area contributed by atoms with Crippen LogP contribution in [0.2, 0.25) is 0 Å². The van der Waals surface area contributed by atoms with Gasteiger partial charge in [-0.05, 0) is 19.8 Å². The third-order valence-electron chi connectivity index (χ3n) is 3.74. The maximum atomic E-state index is 12.0. The molecule has 1 fully saturated rings. The maximum Gasteiger partial charge on any atom is 0.325 e. The first-order valence-electron chi connectivity index (χ1n) is 6.72. The van der Waals surface area contributed by atoms with Gasteiger partial charge < -0.3 is 15.0 Å². The Balaban J connectivity index is 1.98. The summed E-state index contributed by atoms with van der Waals surface area (Å²) in [6, 6.07) is 0. The standard InChI is InChI=1S/C13H19N3O4/c1-8-10(12(19)15-13(20)14-8)2-3-11(18)16-5-4-9(6-16)7-17/h9,17H,2-7H2,1H3,(H2,14,15,19,20). The molecular formula is C13H19N3O4. The SMILES string of the molecule is Cc1[nH]c(=O)[nH]c(=O)c1CCC(=O)N1CCC(CO)C1. The molecule has 1 aromatic rings. The van der Waals surface area contributed by atoms with Crippen molar-refractivity contribution in [3.05, 3.63) is 32.1 Å². The van der Waals surface area contributed by atoms with E-state index >= 15 is 0 Å². The molecule has 110 valence electrons. The van der Waals surface area contributed by atoms with Crippen molar-refractivity contribution < 1.29 is 9.90 Å². The summed E-state index contributed by atoms with van der Waals surface area (Å²) in [5.41, 5.74) is -0.0290. The molecule has 1 unspecified atom stereocenters. The van der Waals surface area contributed by atoms with E-state index in [1.165, 1.54) is 0 Å². The number of aliphatic hydroxyl groups is 1. The minimum absolute atomic E-state index is 0.0223. The van der Waals surface area contributed by atoms with Crippen molar-refractivity contribution in [2.75, 3.05) is 19.7 Å². The Morgan fingerprint density at radius 2 is 2.15 bits per heavy atom. The van der Waals surface area contributed by atoms with Gasteiger partial charge in [-0.25, -0.2) is 4.79 Å². The third-order valence-corrected chi connectivity index (χ3v) is 3.74. The summed E-state index contributed by atoms with van der Waals surface area (Å²) in [4.78, 5) is 41.2. The number of nitrogens with one attached hydrogen (secondary N) is 2. The number of likely N-dealkylation sites (tertiary alicyclic amines) is 1. The molecule has 0 aromatic carbocycles. The first kappa shape index (κ1) is 14.5. The maximum absolute atomic E-state index is 12.0. The molecule has 7 nitrogen and oxygen atoms in total. The number of hydrogen-bond donors (Lipinski definition) is 3. The zero-order valence-corrected chi connectivity index (χ0v) is 11.4. The lowest BCUT2D eigenvalue weighted by molar-refractivity contribution is -0.130. The fraction of sp³-hybridized carbons (Fsp3) is 0.615. The van der Waals surface area contributed by atoms with Crippen LogP contribution >= 0.6 is 0 Å². The van der Waals surface area contributed by atoms with Gasteiger partial charge in [0.1, 0.15) is 0 Å². The predicted octanol–water partition coefficient (Wildman–Crippen LogP) is -0.855. The van der Waals surface area contributed by atoms with E-state index in [1.54, 1.807) is 11.8 Å². The number of amides is 1. The zero-order valence-electron chi connectivity index (χ0n) is 11.4.